The standard InChI is InChI=1S/C12H16N2O3/c15-9-2-1-8(5-9)6-14-12(17)10-3-4-13-7-11(10)16/h3-4,7-9,15-16H,1-2,5-6H2,(H,14,17). The second kappa shape index (κ2) is 5.14. The van der Waals surface area contributed by atoms with Crippen molar-refractivity contribution in [2.24, 2.45) is 5.92 Å². The third-order valence-electron chi connectivity index (χ3n) is 3.11. The summed E-state index contributed by atoms with van der Waals surface area (Å²) in [6.07, 6.45) is 4.96. The van der Waals surface area contributed by atoms with Crippen LogP contribution in [0, 0.1) is 5.92 Å². The molecule has 1 heterocycles. The van der Waals surface area contributed by atoms with Crippen molar-refractivity contribution < 1.29 is 15.0 Å². The minimum Gasteiger partial charge on any atom is -0.505 e. The Hall–Kier alpha value is -1.62. The highest BCUT2D eigenvalue weighted by atomic mass is 16.3. The summed E-state index contributed by atoms with van der Waals surface area (Å²) in [6, 6.07) is 1.48. The topological polar surface area (TPSA) is 82.5 Å². The molecule has 1 saturated carbocycles. The summed E-state index contributed by atoms with van der Waals surface area (Å²) in [6.45, 7) is 0.539. The fraction of sp³-hybridized carbons (Fsp3) is 0.500. The number of carbonyl (C=O) groups excluding carboxylic acids is 1. The second-order valence-electron chi connectivity index (χ2n) is 4.44. The fourth-order valence-electron chi connectivity index (χ4n) is 2.14. The van der Waals surface area contributed by atoms with E-state index >= 15 is 0 Å². The molecule has 0 radical (unpaired) electrons. The lowest BCUT2D eigenvalue weighted by Gasteiger charge is -2.11. The minimum atomic E-state index is -0.300. The van der Waals surface area contributed by atoms with Crippen molar-refractivity contribution >= 4 is 5.91 Å². The van der Waals surface area contributed by atoms with Crippen molar-refractivity contribution in [3.05, 3.63) is 24.0 Å². The van der Waals surface area contributed by atoms with Crippen LogP contribution in [-0.4, -0.2) is 33.8 Å². The van der Waals surface area contributed by atoms with Gasteiger partial charge in [-0.05, 0) is 31.2 Å². The zero-order valence-corrected chi connectivity index (χ0v) is 9.47. The van der Waals surface area contributed by atoms with Crippen LogP contribution in [0.15, 0.2) is 18.5 Å². The van der Waals surface area contributed by atoms with Gasteiger partial charge in [0.2, 0.25) is 0 Å². The van der Waals surface area contributed by atoms with Crippen molar-refractivity contribution in [2.75, 3.05) is 6.54 Å². The van der Waals surface area contributed by atoms with Crippen LogP contribution < -0.4 is 5.32 Å². The average molecular weight is 236 g/mol. The zero-order chi connectivity index (χ0) is 12.3. The Morgan fingerprint density at radius 1 is 1.53 bits per heavy atom. The van der Waals surface area contributed by atoms with Crippen molar-refractivity contribution in [1.82, 2.24) is 10.3 Å². The van der Waals surface area contributed by atoms with E-state index in [1.807, 2.05) is 0 Å². The lowest BCUT2D eigenvalue weighted by Crippen LogP contribution is -2.28. The van der Waals surface area contributed by atoms with Gasteiger partial charge in [-0.2, -0.15) is 0 Å². The number of nitrogens with one attached hydrogen (secondary N) is 1. The molecule has 2 rings (SSSR count). The monoisotopic (exact) mass is 236 g/mol. The molecule has 2 unspecified atom stereocenters. The number of pyridine rings is 1. The predicted molar refractivity (Wildman–Crippen MR) is 61.6 cm³/mol. The SMILES string of the molecule is O=C(NCC1CCC(O)C1)c1ccncc1O. The van der Waals surface area contributed by atoms with Gasteiger partial charge in [-0.3, -0.25) is 9.78 Å². The van der Waals surface area contributed by atoms with Gasteiger partial charge in [-0.1, -0.05) is 0 Å². The fourth-order valence-corrected chi connectivity index (χ4v) is 2.14. The molecule has 92 valence electrons. The van der Waals surface area contributed by atoms with E-state index in [1.165, 1.54) is 18.5 Å². The Balaban J connectivity index is 1.88. The number of aromatic nitrogens is 1. The van der Waals surface area contributed by atoms with Crippen LogP contribution in [0.25, 0.3) is 0 Å². The zero-order valence-electron chi connectivity index (χ0n) is 9.47. The Labute approximate surface area is 99.5 Å². The highest BCUT2D eigenvalue weighted by Crippen LogP contribution is 2.24. The van der Waals surface area contributed by atoms with E-state index in [2.05, 4.69) is 10.3 Å². The molecule has 0 saturated heterocycles. The molecule has 0 aliphatic heterocycles. The van der Waals surface area contributed by atoms with Crippen LogP contribution in [0.2, 0.25) is 0 Å². The number of aromatic hydroxyl groups is 1. The molecule has 1 amide bonds. The number of hydrogen-bond acceptors (Lipinski definition) is 4. The Bertz CT molecular complexity index is 408. The van der Waals surface area contributed by atoms with Crippen molar-refractivity contribution in [2.45, 2.75) is 25.4 Å². The molecule has 17 heavy (non-hydrogen) atoms. The largest absolute Gasteiger partial charge is 0.505 e. The van der Waals surface area contributed by atoms with Crippen LogP contribution in [-0.2, 0) is 0 Å². The predicted octanol–water partition coefficient (Wildman–Crippen LogP) is 0.678. The summed E-state index contributed by atoms with van der Waals surface area (Å²) in [5, 5.41) is 21.6. The highest BCUT2D eigenvalue weighted by Gasteiger charge is 2.23. The van der Waals surface area contributed by atoms with E-state index in [-0.39, 0.29) is 23.3 Å². The third-order valence-corrected chi connectivity index (χ3v) is 3.11. The molecule has 0 bridgehead atoms. The van der Waals surface area contributed by atoms with E-state index in [0.29, 0.717) is 12.5 Å². The Morgan fingerprint density at radius 3 is 3.00 bits per heavy atom. The van der Waals surface area contributed by atoms with Gasteiger partial charge < -0.3 is 15.5 Å². The molecule has 3 N–H and O–H groups in total. The first kappa shape index (κ1) is 11.9. The summed E-state index contributed by atoms with van der Waals surface area (Å²) < 4.78 is 0. The maximum atomic E-state index is 11.7. The van der Waals surface area contributed by atoms with Gasteiger partial charge in [0, 0.05) is 12.7 Å². The number of nitrogens with zero attached hydrogens (tertiary/aromatic N) is 1. The summed E-state index contributed by atoms with van der Waals surface area (Å²) in [4.78, 5) is 15.5. The van der Waals surface area contributed by atoms with E-state index in [1.54, 1.807) is 0 Å². The number of hydrogen-bond donors (Lipinski definition) is 3. The smallest absolute Gasteiger partial charge is 0.255 e. The van der Waals surface area contributed by atoms with Gasteiger partial charge in [-0.15, -0.1) is 0 Å². The molecule has 0 aromatic carbocycles. The molecule has 1 aliphatic rings. The summed E-state index contributed by atoms with van der Waals surface area (Å²) in [7, 11) is 0. The molecule has 5 heteroatoms. The van der Waals surface area contributed by atoms with E-state index in [9.17, 15) is 15.0 Å². The maximum absolute atomic E-state index is 11.7. The number of aliphatic hydroxyl groups excluding tert-OH is 1. The molecular weight excluding hydrogens is 220 g/mol. The number of carbonyl (C=O) groups is 1. The third kappa shape index (κ3) is 2.94. The maximum Gasteiger partial charge on any atom is 0.255 e. The first-order valence-electron chi connectivity index (χ1n) is 5.76. The van der Waals surface area contributed by atoms with Crippen LogP contribution in [0.4, 0.5) is 0 Å². The molecule has 1 aromatic heterocycles. The molecule has 5 nitrogen and oxygen atoms in total. The highest BCUT2D eigenvalue weighted by molar-refractivity contribution is 5.96. The molecule has 1 fully saturated rings. The number of rotatable bonds is 3. The van der Waals surface area contributed by atoms with Crippen LogP contribution in [0.1, 0.15) is 29.6 Å². The van der Waals surface area contributed by atoms with Gasteiger partial charge >= 0.3 is 0 Å². The lowest BCUT2D eigenvalue weighted by molar-refractivity contribution is 0.0942. The first-order chi connectivity index (χ1) is 8.16. The van der Waals surface area contributed by atoms with Crippen molar-refractivity contribution in [3.8, 4) is 5.75 Å². The summed E-state index contributed by atoms with van der Waals surface area (Å²) in [5.74, 6) is -0.0827. The second-order valence-corrected chi connectivity index (χ2v) is 4.44. The minimum absolute atomic E-state index is 0.114. The van der Waals surface area contributed by atoms with Crippen LogP contribution in [0.3, 0.4) is 0 Å². The normalized spacial score (nSPS) is 23.6. The van der Waals surface area contributed by atoms with Gasteiger partial charge in [0.25, 0.3) is 5.91 Å². The number of aliphatic hydroxyl groups is 1. The lowest BCUT2D eigenvalue weighted by atomic mass is 10.1. The van der Waals surface area contributed by atoms with Gasteiger partial charge in [0.1, 0.15) is 5.75 Å². The summed E-state index contributed by atoms with van der Waals surface area (Å²) >= 11 is 0. The van der Waals surface area contributed by atoms with E-state index in [4.69, 9.17) is 0 Å². The van der Waals surface area contributed by atoms with Crippen molar-refractivity contribution in [3.63, 3.8) is 0 Å². The quantitative estimate of drug-likeness (QED) is 0.720. The number of amides is 1. The van der Waals surface area contributed by atoms with Crippen molar-refractivity contribution in [1.29, 1.82) is 0 Å². The molecule has 1 aromatic rings. The van der Waals surface area contributed by atoms with E-state index in [0.717, 1.165) is 19.3 Å². The van der Waals surface area contributed by atoms with Crippen LogP contribution >= 0.6 is 0 Å². The first-order valence-corrected chi connectivity index (χ1v) is 5.76. The van der Waals surface area contributed by atoms with Gasteiger partial charge in [0.05, 0.1) is 17.9 Å². The molecule has 0 spiro atoms. The molecule has 1 aliphatic carbocycles. The molecule has 2 atom stereocenters. The van der Waals surface area contributed by atoms with Crippen LogP contribution in [0.5, 0.6) is 5.75 Å². The Kier molecular flexibility index (Phi) is 3.58. The van der Waals surface area contributed by atoms with Gasteiger partial charge in [-0.25, -0.2) is 0 Å². The molecular formula is C12H16N2O3. The van der Waals surface area contributed by atoms with E-state index < -0.39 is 0 Å². The average Bonchev–Trinajstić information content (AvgIpc) is 2.73. The van der Waals surface area contributed by atoms with Gasteiger partial charge in [0.15, 0.2) is 0 Å². The Morgan fingerprint density at radius 2 is 2.35 bits per heavy atom. The summed E-state index contributed by atoms with van der Waals surface area (Å²) in [5.41, 5.74) is 0.235.